The number of carboxylic acid groups (broad SMARTS) is 1. The summed E-state index contributed by atoms with van der Waals surface area (Å²) in [7, 11) is 0. The topological polar surface area (TPSA) is 86.7 Å². The van der Waals surface area contributed by atoms with Crippen LogP contribution in [0.2, 0.25) is 0 Å². The van der Waals surface area contributed by atoms with Crippen LogP contribution in [0.3, 0.4) is 0 Å². The minimum atomic E-state index is -1.05. The van der Waals surface area contributed by atoms with Gasteiger partial charge in [0.2, 0.25) is 5.91 Å². The van der Waals surface area contributed by atoms with Gasteiger partial charge in [-0.15, -0.1) is 0 Å². The number of carbonyl (C=O) groups excluding carboxylic acids is 2. The molecule has 94 valence electrons. The summed E-state index contributed by atoms with van der Waals surface area (Å²) in [5.74, 6) is -1.37. The summed E-state index contributed by atoms with van der Waals surface area (Å²) in [4.78, 5) is 35.0. The maximum atomic E-state index is 11.6. The molecule has 1 fully saturated rings. The van der Waals surface area contributed by atoms with Crippen LogP contribution in [0, 0.1) is 3.57 Å². The predicted molar refractivity (Wildman–Crippen MR) is 71.6 cm³/mol. The van der Waals surface area contributed by atoms with E-state index in [1.807, 2.05) is 22.6 Å². The monoisotopic (exact) mass is 360 g/mol. The van der Waals surface area contributed by atoms with Crippen molar-refractivity contribution in [2.24, 2.45) is 0 Å². The number of carbonyl (C=O) groups is 3. The molecule has 1 saturated heterocycles. The third-order valence-electron chi connectivity index (χ3n) is 2.55. The third-order valence-corrected chi connectivity index (χ3v) is 3.49. The van der Waals surface area contributed by atoms with E-state index >= 15 is 0 Å². The van der Waals surface area contributed by atoms with E-state index < -0.39 is 12.0 Å². The second kappa shape index (κ2) is 4.92. The SMILES string of the molecule is O=C1CCN(c2ccc(I)c(C(=O)O)c2)C(=O)N1. The molecule has 0 radical (unpaired) electrons. The van der Waals surface area contributed by atoms with Gasteiger partial charge in [-0.1, -0.05) is 0 Å². The lowest BCUT2D eigenvalue weighted by atomic mass is 10.1. The summed E-state index contributed by atoms with van der Waals surface area (Å²) in [5, 5.41) is 11.2. The van der Waals surface area contributed by atoms with Gasteiger partial charge in [0, 0.05) is 22.2 Å². The van der Waals surface area contributed by atoms with Crippen molar-refractivity contribution >= 4 is 46.2 Å². The van der Waals surface area contributed by atoms with Crippen LogP contribution in [0.5, 0.6) is 0 Å². The Bertz CT molecular complexity index is 544. The fourth-order valence-corrected chi connectivity index (χ4v) is 2.22. The lowest BCUT2D eigenvalue weighted by Gasteiger charge is -2.26. The summed E-state index contributed by atoms with van der Waals surface area (Å²) in [6.07, 6.45) is 0.208. The highest BCUT2D eigenvalue weighted by atomic mass is 127. The van der Waals surface area contributed by atoms with E-state index in [0.717, 1.165) is 0 Å². The Hall–Kier alpha value is -1.64. The number of nitrogens with zero attached hydrogens (tertiary/aromatic N) is 1. The Morgan fingerprint density at radius 2 is 2.11 bits per heavy atom. The smallest absolute Gasteiger partial charge is 0.336 e. The van der Waals surface area contributed by atoms with Gasteiger partial charge in [0.1, 0.15) is 0 Å². The van der Waals surface area contributed by atoms with Crippen molar-refractivity contribution in [3.05, 3.63) is 27.3 Å². The number of amides is 3. The zero-order valence-electron chi connectivity index (χ0n) is 9.14. The van der Waals surface area contributed by atoms with Gasteiger partial charge in [-0.05, 0) is 40.8 Å². The fraction of sp³-hybridized carbons (Fsp3) is 0.182. The number of benzene rings is 1. The molecule has 6 nitrogen and oxygen atoms in total. The van der Waals surface area contributed by atoms with Gasteiger partial charge >= 0.3 is 12.0 Å². The highest BCUT2D eigenvalue weighted by molar-refractivity contribution is 14.1. The Morgan fingerprint density at radius 1 is 1.39 bits per heavy atom. The predicted octanol–water partition coefficient (Wildman–Crippen LogP) is 1.44. The third kappa shape index (κ3) is 2.45. The zero-order valence-corrected chi connectivity index (χ0v) is 11.3. The van der Waals surface area contributed by atoms with Crippen molar-refractivity contribution < 1.29 is 19.5 Å². The van der Waals surface area contributed by atoms with Crippen LogP contribution in [0.4, 0.5) is 10.5 Å². The number of urea groups is 1. The van der Waals surface area contributed by atoms with Crippen LogP contribution in [0.25, 0.3) is 0 Å². The first-order valence-corrected chi connectivity index (χ1v) is 6.21. The van der Waals surface area contributed by atoms with Crippen LogP contribution in [0.1, 0.15) is 16.8 Å². The first-order chi connectivity index (χ1) is 8.49. The Morgan fingerprint density at radius 3 is 2.72 bits per heavy atom. The first-order valence-electron chi connectivity index (χ1n) is 5.13. The molecule has 0 unspecified atom stereocenters. The average molecular weight is 360 g/mol. The van der Waals surface area contributed by atoms with Gasteiger partial charge in [0.15, 0.2) is 0 Å². The van der Waals surface area contributed by atoms with E-state index in [0.29, 0.717) is 9.26 Å². The van der Waals surface area contributed by atoms with Gasteiger partial charge in [-0.2, -0.15) is 0 Å². The number of carboxylic acids is 1. The normalized spacial score (nSPS) is 15.5. The molecule has 0 bridgehead atoms. The molecule has 1 aliphatic heterocycles. The molecular weight excluding hydrogens is 351 g/mol. The largest absolute Gasteiger partial charge is 0.478 e. The molecule has 0 aromatic heterocycles. The molecule has 2 N–H and O–H groups in total. The molecule has 2 rings (SSSR count). The van der Waals surface area contributed by atoms with Crippen LogP contribution < -0.4 is 10.2 Å². The van der Waals surface area contributed by atoms with Crippen molar-refractivity contribution in [3.8, 4) is 0 Å². The zero-order chi connectivity index (χ0) is 13.3. The second-order valence-electron chi connectivity index (χ2n) is 3.72. The molecule has 1 aromatic rings. The summed E-state index contributed by atoms with van der Waals surface area (Å²) in [5.41, 5.74) is 0.607. The van der Waals surface area contributed by atoms with Crippen LogP contribution in [-0.4, -0.2) is 29.6 Å². The van der Waals surface area contributed by atoms with E-state index in [2.05, 4.69) is 5.32 Å². The van der Waals surface area contributed by atoms with E-state index in [1.165, 1.54) is 11.0 Å². The molecule has 0 atom stereocenters. The number of rotatable bonds is 2. The van der Waals surface area contributed by atoms with Gasteiger partial charge in [-0.3, -0.25) is 15.0 Å². The van der Waals surface area contributed by atoms with Crippen molar-refractivity contribution in [1.82, 2.24) is 5.32 Å². The number of imide groups is 1. The van der Waals surface area contributed by atoms with E-state index in [4.69, 9.17) is 5.11 Å². The number of anilines is 1. The summed E-state index contributed by atoms with van der Waals surface area (Å²) in [6, 6.07) is 4.19. The van der Waals surface area contributed by atoms with Crippen molar-refractivity contribution in [1.29, 1.82) is 0 Å². The van der Waals surface area contributed by atoms with Crippen molar-refractivity contribution in [2.45, 2.75) is 6.42 Å². The maximum absolute atomic E-state index is 11.6. The summed E-state index contributed by atoms with van der Waals surface area (Å²) >= 11 is 1.92. The fourth-order valence-electron chi connectivity index (χ4n) is 1.66. The van der Waals surface area contributed by atoms with E-state index in [1.54, 1.807) is 12.1 Å². The highest BCUT2D eigenvalue weighted by Gasteiger charge is 2.25. The highest BCUT2D eigenvalue weighted by Crippen LogP contribution is 2.22. The Balaban J connectivity index is 2.34. The van der Waals surface area contributed by atoms with Gasteiger partial charge < -0.3 is 5.11 Å². The van der Waals surface area contributed by atoms with Crippen LogP contribution in [0.15, 0.2) is 18.2 Å². The quantitative estimate of drug-likeness (QED) is 0.782. The number of halogens is 1. The molecule has 0 aliphatic carbocycles. The summed E-state index contributed by atoms with van der Waals surface area (Å²) < 4.78 is 0.595. The maximum Gasteiger partial charge on any atom is 0.336 e. The van der Waals surface area contributed by atoms with Crippen LogP contribution >= 0.6 is 22.6 Å². The summed E-state index contributed by atoms with van der Waals surface area (Å²) in [6.45, 7) is 0.254. The number of nitrogens with one attached hydrogen (secondary N) is 1. The molecule has 18 heavy (non-hydrogen) atoms. The van der Waals surface area contributed by atoms with Gasteiger partial charge in [-0.25, -0.2) is 9.59 Å². The van der Waals surface area contributed by atoms with E-state index in [9.17, 15) is 14.4 Å². The molecule has 1 aromatic carbocycles. The Kier molecular flexibility index (Phi) is 3.50. The van der Waals surface area contributed by atoms with Gasteiger partial charge in [0.05, 0.1) is 5.56 Å². The Labute approximate surface area is 116 Å². The van der Waals surface area contributed by atoms with Crippen molar-refractivity contribution in [2.75, 3.05) is 11.4 Å². The number of hydrogen-bond donors (Lipinski definition) is 2. The average Bonchev–Trinajstić information content (AvgIpc) is 2.30. The lowest BCUT2D eigenvalue weighted by Crippen LogP contribution is -2.49. The van der Waals surface area contributed by atoms with Crippen LogP contribution in [-0.2, 0) is 4.79 Å². The molecule has 0 saturated carbocycles. The second-order valence-corrected chi connectivity index (χ2v) is 4.89. The molecule has 3 amide bonds. The van der Waals surface area contributed by atoms with Crippen molar-refractivity contribution in [3.63, 3.8) is 0 Å². The van der Waals surface area contributed by atoms with E-state index in [-0.39, 0.29) is 24.4 Å². The molecular formula is C11H9IN2O4. The minimum absolute atomic E-state index is 0.137. The lowest BCUT2D eigenvalue weighted by molar-refractivity contribution is -0.120. The minimum Gasteiger partial charge on any atom is -0.478 e. The molecule has 1 heterocycles. The van der Waals surface area contributed by atoms with Gasteiger partial charge in [0.25, 0.3) is 0 Å². The molecule has 0 spiro atoms. The molecule has 7 heteroatoms. The number of hydrogen-bond acceptors (Lipinski definition) is 3. The molecule has 1 aliphatic rings. The first kappa shape index (κ1) is 12.8. The number of aromatic carboxylic acids is 1. The standard InChI is InChI=1S/C11H9IN2O4/c12-8-2-1-6(5-7(8)10(16)17)14-4-3-9(15)13-11(14)18/h1-2,5H,3-4H2,(H,16,17)(H,13,15,18).